The molecule has 0 amide bonds. The van der Waals surface area contributed by atoms with Gasteiger partial charge in [-0.1, -0.05) is 24.3 Å². The average Bonchev–Trinajstić information content (AvgIpc) is 3.45. The van der Waals surface area contributed by atoms with Gasteiger partial charge < -0.3 is 4.90 Å². The standard InChI is InChI=1S/C22H21FN4O2S/c1-26(2)30(28,29)16-7-8-18-20(11-16)27(14-22(18)9-10-22)21-24-12-15(13-25-21)17-5-3-4-6-19(17)23/h3-8,11-13H,9-10,14H2,1-2H3. The van der Waals surface area contributed by atoms with Crippen molar-refractivity contribution in [1.82, 2.24) is 14.3 Å². The lowest BCUT2D eigenvalue weighted by Crippen LogP contribution is -2.23. The van der Waals surface area contributed by atoms with E-state index in [0.717, 1.165) is 24.1 Å². The first-order valence-electron chi connectivity index (χ1n) is 9.73. The van der Waals surface area contributed by atoms with E-state index in [1.54, 1.807) is 42.7 Å². The van der Waals surface area contributed by atoms with E-state index in [9.17, 15) is 12.8 Å². The fraction of sp³-hybridized carbons (Fsp3) is 0.273. The van der Waals surface area contributed by atoms with E-state index in [1.165, 1.54) is 24.5 Å². The molecule has 1 aliphatic heterocycles. The van der Waals surface area contributed by atoms with E-state index in [2.05, 4.69) is 9.97 Å². The molecule has 1 aliphatic carbocycles. The van der Waals surface area contributed by atoms with Gasteiger partial charge in [0.05, 0.1) is 4.90 Å². The first-order valence-corrected chi connectivity index (χ1v) is 11.2. The fourth-order valence-corrected chi connectivity index (χ4v) is 5.00. The summed E-state index contributed by atoms with van der Waals surface area (Å²) in [4.78, 5) is 11.2. The molecule has 0 bridgehead atoms. The van der Waals surface area contributed by atoms with Crippen LogP contribution in [0.15, 0.2) is 59.8 Å². The molecule has 2 heterocycles. The predicted octanol–water partition coefficient (Wildman–Crippen LogP) is 3.72. The van der Waals surface area contributed by atoms with Crippen LogP contribution in [-0.2, 0) is 15.4 Å². The highest BCUT2D eigenvalue weighted by Crippen LogP contribution is 2.58. The predicted molar refractivity (Wildman–Crippen MR) is 113 cm³/mol. The fourth-order valence-electron chi connectivity index (χ4n) is 4.08. The van der Waals surface area contributed by atoms with Crippen LogP contribution in [0.3, 0.4) is 0 Å². The Morgan fingerprint density at radius 1 is 1.07 bits per heavy atom. The van der Waals surface area contributed by atoms with Gasteiger partial charge in [0.15, 0.2) is 0 Å². The second-order valence-electron chi connectivity index (χ2n) is 8.08. The second kappa shape index (κ2) is 6.58. The quantitative estimate of drug-likeness (QED) is 0.639. The maximum Gasteiger partial charge on any atom is 0.242 e. The molecule has 3 aromatic rings. The number of benzene rings is 2. The normalized spacial score (nSPS) is 16.9. The van der Waals surface area contributed by atoms with Gasteiger partial charge >= 0.3 is 0 Å². The van der Waals surface area contributed by atoms with E-state index in [0.29, 0.717) is 23.6 Å². The summed E-state index contributed by atoms with van der Waals surface area (Å²) in [5.41, 5.74) is 3.06. The third-order valence-corrected chi connectivity index (χ3v) is 7.80. The van der Waals surface area contributed by atoms with Crippen LogP contribution in [0.1, 0.15) is 18.4 Å². The number of fused-ring (bicyclic) bond motifs is 2. The summed E-state index contributed by atoms with van der Waals surface area (Å²) < 4.78 is 40.5. The van der Waals surface area contributed by atoms with E-state index < -0.39 is 10.0 Å². The molecular weight excluding hydrogens is 403 g/mol. The van der Waals surface area contributed by atoms with Crippen LogP contribution < -0.4 is 4.90 Å². The zero-order valence-electron chi connectivity index (χ0n) is 16.7. The summed E-state index contributed by atoms with van der Waals surface area (Å²) in [5, 5.41) is 0. The van der Waals surface area contributed by atoms with Crippen molar-refractivity contribution < 1.29 is 12.8 Å². The minimum Gasteiger partial charge on any atom is -0.309 e. The molecule has 0 saturated heterocycles. The number of sulfonamides is 1. The van der Waals surface area contributed by atoms with E-state index in [4.69, 9.17) is 0 Å². The van der Waals surface area contributed by atoms with Gasteiger partial charge in [-0.05, 0) is 36.6 Å². The molecule has 1 aromatic heterocycles. The van der Waals surface area contributed by atoms with Crippen molar-refractivity contribution in [3.05, 3.63) is 66.2 Å². The molecule has 0 N–H and O–H groups in total. The smallest absolute Gasteiger partial charge is 0.242 e. The molecule has 2 aliphatic rings. The molecule has 2 aromatic carbocycles. The number of hydrogen-bond acceptors (Lipinski definition) is 5. The van der Waals surface area contributed by atoms with Crippen LogP contribution in [0.2, 0.25) is 0 Å². The molecule has 154 valence electrons. The topological polar surface area (TPSA) is 66.4 Å². The number of aromatic nitrogens is 2. The lowest BCUT2D eigenvalue weighted by Gasteiger charge is -2.19. The first-order chi connectivity index (χ1) is 14.3. The Balaban J connectivity index is 1.55. The van der Waals surface area contributed by atoms with Crippen molar-refractivity contribution in [3.8, 4) is 11.1 Å². The molecule has 30 heavy (non-hydrogen) atoms. The molecule has 1 fully saturated rings. The molecule has 5 rings (SSSR count). The summed E-state index contributed by atoms with van der Waals surface area (Å²) in [7, 11) is -0.502. The number of rotatable bonds is 4. The molecule has 8 heteroatoms. The van der Waals surface area contributed by atoms with Gasteiger partial charge in [0.1, 0.15) is 5.82 Å². The largest absolute Gasteiger partial charge is 0.309 e. The van der Waals surface area contributed by atoms with Crippen LogP contribution in [0.5, 0.6) is 0 Å². The zero-order valence-corrected chi connectivity index (χ0v) is 17.5. The van der Waals surface area contributed by atoms with Gasteiger partial charge in [-0.15, -0.1) is 0 Å². The number of hydrogen-bond donors (Lipinski definition) is 0. The zero-order chi connectivity index (χ0) is 21.1. The van der Waals surface area contributed by atoms with Gasteiger partial charge in [0.25, 0.3) is 0 Å². The first kappa shape index (κ1) is 19.1. The minimum atomic E-state index is -3.54. The van der Waals surface area contributed by atoms with Gasteiger partial charge in [-0.2, -0.15) is 0 Å². The number of anilines is 2. The maximum absolute atomic E-state index is 14.1. The SMILES string of the molecule is CN(C)S(=O)(=O)c1ccc2c(c1)N(c1ncc(-c3ccccc3F)cn1)CC21CC1. The Hall–Kier alpha value is -2.84. The van der Waals surface area contributed by atoms with E-state index >= 15 is 0 Å². The van der Waals surface area contributed by atoms with Crippen LogP contribution in [0.4, 0.5) is 16.0 Å². The molecule has 1 saturated carbocycles. The molecular formula is C22H21FN4O2S. The van der Waals surface area contributed by atoms with E-state index in [-0.39, 0.29) is 16.1 Å². The molecule has 0 unspecified atom stereocenters. The Morgan fingerprint density at radius 3 is 2.40 bits per heavy atom. The minimum absolute atomic E-state index is 0.0450. The third kappa shape index (κ3) is 2.90. The Morgan fingerprint density at radius 2 is 1.77 bits per heavy atom. The Bertz CT molecular complexity index is 1240. The third-order valence-electron chi connectivity index (χ3n) is 5.99. The lowest BCUT2D eigenvalue weighted by atomic mass is 9.99. The van der Waals surface area contributed by atoms with Crippen molar-refractivity contribution in [1.29, 1.82) is 0 Å². The van der Waals surface area contributed by atoms with Gasteiger partial charge in [0.2, 0.25) is 16.0 Å². The highest BCUT2D eigenvalue weighted by atomic mass is 32.2. The summed E-state index contributed by atoms with van der Waals surface area (Å²) in [5.74, 6) is 0.162. The maximum atomic E-state index is 14.1. The molecule has 1 spiro atoms. The molecule has 0 radical (unpaired) electrons. The highest BCUT2D eigenvalue weighted by Gasteiger charge is 2.52. The van der Waals surface area contributed by atoms with Crippen molar-refractivity contribution in [3.63, 3.8) is 0 Å². The van der Waals surface area contributed by atoms with Crippen LogP contribution in [0, 0.1) is 5.82 Å². The van der Waals surface area contributed by atoms with Crippen molar-refractivity contribution in [2.45, 2.75) is 23.2 Å². The van der Waals surface area contributed by atoms with Crippen molar-refractivity contribution >= 4 is 21.7 Å². The van der Waals surface area contributed by atoms with Gasteiger partial charge in [-0.25, -0.2) is 27.1 Å². The number of nitrogens with zero attached hydrogens (tertiary/aromatic N) is 4. The summed E-state index contributed by atoms with van der Waals surface area (Å²) in [6, 6.07) is 11.8. The van der Waals surface area contributed by atoms with E-state index in [1.807, 2.05) is 11.0 Å². The van der Waals surface area contributed by atoms with Crippen LogP contribution in [0.25, 0.3) is 11.1 Å². The lowest BCUT2D eigenvalue weighted by molar-refractivity contribution is 0.520. The van der Waals surface area contributed by atoms with Crippen LogP contribution in [-0.4, -0.2) is 43.3 Å². The highest BCUT2D eigenvalue weighted by molar-refractivity contribution is 7.89. The Kier molecular flexibility index (Phi) is 4.20. The molecule has 6 nitrogen and oxygen atoms in total. The average molecular weight is 425 g/mol. The monoisotopic (exact) mass is 424 g/mol. The van der Waals surface area contributed by atoms with Crippen LogP contribution >= 0.6 is 0 Å². The second-order valence-corrected chi connectivity index (χ2v) is 10.2. The summed E-state index contributed by atoms with van der Waals surface area (Å²) in [6.07, 6.45) is 5.34. The number of halogens is 1. The van der Waals surface area contributed by atoms with Crippen molar-refractivity contribution in [2.75, 3.05) is 25.5 Å². The summed E-state index contributed by atoms with van der Waals surface area (Å²) in [6.45, 7) is 0.715. The van der Waals surface area contributed by atoms with Gasteiger partial charge in [-0.3, -0.25) is 0 Å². The molecule has 0 atom stereocenters. The van der Waals surface area contributed by atoms with Crippen molar-refractivity contribution in [2.24, 2.45) is 0 Å². The summed E-state index contributed by atoms with van der Waals surface area (Å²) >= 11 is 0. The van der Waals surface area contributed by atoms with Gasteiger partial charge in [0, 0.05) is 55.3 Å². The Labute approximate surface area is 175 Å².